The minimum atomic E-state index is -0.285. The van der Waals surface area contributed by atoms with Gasteiger partial charge in [-0.05, 0) is 49.0 Å². The van der Waals surface area contributed by atoms with Crippen LogP contribution in [0.4, 0.5) is 0 Å². The standard InChI is InChI=1S/C15H14O2/c16-15-9-8-12-6-7-13(10-14(12)17-15)11-4-2-1-3-5-11/h4,6-10H,1-3,5H2. The van der Waals surface area contributed by atoms with Crippen LogP contribution in [0.1, 0.15) is 31.2 Å². The first-order chi connectivity index (χ1) is 8.33. The van der Waals surface area contributed by atoms with E-state index in [1.165, 1.54) is 30.0 Å². The molecule has 17 heavy (non-hydrogen) atoms. The first-order valence-electron chi connectivity index (χ1n) is 6.06. The lowest BCUT2D eigenvalue weighted by Gasteiger charge is -2.12. The predicted molar refractivity (Wildman–Crippen MR) is 68.9 cm³/mol. The number of allylic oxidation sites excluding steroid dienone is 2. The Balaban J connectivity index is 2.12. The molecule has 0 fully saturated rings. The Morgan fingerprint density at radius 2 is 1.94 bits per heavy atom. The van der Waals surface area contributed by atoms with Crippen molar-refractivity contribution in [2.24, 2.45) is 0 Å². The summed E-state index contributed by atoms with van der Waals surface area (Å²) in [4.78, 5) is 11.2. The average Bonchev–Trinajstić information content (AvgIpc) is 2.39. The van der Waals surface area contributed by atoms with Crippen molar-refractivity contribution in [3.05, 3.63) is 52.4 Å². The van der Waals surface area contributed by atoms with E-state index in [0.717, 1.165) is 18.2 Å². The summed E-state index contributed by atoms with van der Waals surface area (Å²) in [6.45, 7) is 0. The van der Waals surface area contributed by atoms with Crippen LogP contribution in [0, 0.1) is 0 Å². The van der Waals surface area contributed by atoms with Gasteiger partial charge < -0.3 is 4.42 Å². The summed E-state index contributed by atoms with van der Waals surface area (Å²) in [6.07, 6.45) is 7.12. The van der Waals surface area contributed by atoms with Crippen LogP contribution in [0.3, 0.4) is 0 Å². The molecular weight excluding hydrogens is 212 g/mol. The van der Waals surface area contributed by atoms with Crippen LogP contribution < -0.4 is 5.63 Å². The van der Waals surface area contributed by atoms with E-state index >= 15 is 0 Å². The summed E-state index contributed by atoms with van der Waals surface area (Å²) in [5, 5.41) is 0.977. The zero-order valence-corrected chi connectivity index (χ0v) is 9.61. The summed E-state index contributed by atoms with van der Waals surface area (Å²) >= 11 is 0. The van der Waals surface area contributed by atoms with E-state index in [9.17, 15) is 4.79 Å². The lowest BCUT2D eigenvalue weighted by molar-refractivity contribution is 0.561. The lowest BCUT2D eigenvalue weighted by atomic mass is 9.93. The minimum Gasteiger partial charge on any atom is -0.423 e. The fraction of sp³-hybridized carbons (Fsp3) is 0.267. The van der Waals surface area contributed by atoms with Crippen LogP contribution in [0.2, 0.25) is 0 Å². The summed E-state index contributed by atoms with van der Waals surface area (Å²) in [6, 6.07) is 9.37. The highest BCUT2D eigenvalue weighted by atomic mass is 16.4. The van der Waals surface area contributed by atoms with Crippen LogP contribution >= 0.6 is 0 Å². The first-order valence-corrected chi connectivity index (χ1v) is 6.06. The molecule has 0 amide bonds. The van der Waals surface area contributed by atoms with Crippen molar-refractivity contribution in [1.29, 1.82) is 0 Å². The van der Waals surface area contributed by atoms with E-state index in [-0.39, 0.29) is 5.63 Å². The van der Waals surface area contributed by atoms with Crippen LogP contribution in [0.5, 0.6) is 0 Å². The molecule has 0 N–H and O–H groups in total. The lowest BCUT2D eigenvalue weighted by Crippen LogP contribution is -1.96. The first kappa shape index (κ1) is 10.3. The van der Waals surface area contributed by atoms with Gasteiger partial charge in [-0.1, -0.05) is 18.2 Å². The number of hydrogen-bond acceptors (Lipinski definition) is 2. The van der Waals surface area contributed by atoms with Gasteiger partial charge in [0.25, 0.3) is 0 Å². The Labute approximate surface area is 99.6 Å². The Morgan fingerprint density at radius 1 is 1.06 bits per heavy atom. The molecule has 0 atom stereocenters. The van der Waals surface area contributed by atoms with E-state index in [0.29, 0.717) is 5.58 Å². The number of rotatable bonds is 1. The largest absolute Gasteiger partial charge is 0.423 e. The van der Waals surface area contributed by atoms with Gasteiger partial charge in [0, 0.05) is 11.5 Å². The third-order valence-electron chi connectivity index (χ3n) is 3.28. The van der Waals surface area contributed by atoms with Crippen LogP contribution in [-0.4, -0.2) is 0 Å². The second-order valence-electron chi connectivity index (χ2n) is 4.48. The van der Waals surface area contributed by atoms with Gasteiger partial charge in [-0.2, -0.15) is 0 Å². The molecule has 0 radical (unpaired) electrons. The molecular formula is C15H14O2. The summed E-state index contributed by atoms with van der Waals surface area (Å²) in [5.41, 5.74) is 2.96. The molecule has 2 nitrogen and oxygen atoms in total. The van der Waals surface area contributed by atoms with Crippen molar-refractivity contribution in [2.75, 3.05) is 0 Å². The molecule has 1 aliphatic rings. The fourth-order valence-corrected chi connectivity index (χ4v) is 2.36. The van der Waals surface area contributed by atoms with Gasteiger partial charge in [-0.15, -0.1) is 0 Å². The molecule has 2 aromatic rings. The second kappa shape index (κ2) is 4.21. The summed E-state index contributed by atoms with van der Waals surface area (Å²) < 4.78 is 5.21. The zero-order chi connectivity index (χ0) is 11.7. The van der Waals surface area contributed by atoms with Gasteiger partial charge in [0.15, 0.2) is 0 Å². The van der Waals surface area contributed by atoms with Crippen LogP contribution in [-0.2, 0) is 0 Å². The van der Waals surface area contributed by atoms with Gasteiger partial charge in [0.1, 0.15) is 5.58 Å². The molecule has 1 aliphatic carbocycles. The van der Waals surface area contributed by atoms with E-state index < -0.39 is 0 Å². The van der Waals surface area contributed by atoms with Gasteiger partial charge in [-0.3, -0.25) is 0 Å². The molecule has 86 valence electrons. The second-order valence-corrected chi connectivity index (χ2v) is 4.48. The Hall–Kier alpha value is -1.83. The van der Waals surface area contributed by atoms with Crippen LogP contribution in [0.25, 0.3) is 16.5 Å². The topological polar surface area (TPSA) is 30.2 Å². The molecule has 3 rings (SSSR count). The number of fused-ring (bicyclic) bond motifs is 1. The predicted octanol–water partition coefficient (Wildman–Crippen LogP) is 3.75. The molecule has 0 aliphatic heterocycles. The van der Waals surface area contributed by atoms with Crippen molar-refractivity contribution in [2.45, 2.75) is 25.7 Å². The van der Waals surface area contributed by atoms with E-state index in [1.807, 2.05) is 12.1 Å². The quantitative estimate of drug-likeness (QED) is 0.693. The SMILES string of the molecule is O=c1ccc2ccc(C3=CCCCC3)cc2o1. The highest BCUT2D eigenvalue weighted by molar-refractivity contribution is 5.81. The monoisotopic (exact) mass is 226 g/mol. The average molecular weight is 226 g/mol. The van der Waals surface area contributed by atoms with Gasteiger partial charge in [0.05, 0.1) is 0 Å². The summed E-state index contributed by atoms with van der Waals surface area (Å²) in [5.74, 6) is 0. The molecule has 0 bridgehead atoms. The Kier molecular flexibility index (Phi) is 2.56. The maximum atomic E-state index is 11.2. The fourth-order valence-electron chi connectivity index (χ4n) is 2.36. The van der Waals surface area contributed by atoms with Crippen molar-refractivity contribution >= 4 is 16.5 Å². The van der Waals surface area contributed by atoms with Crippen molar-refractivity contribution in [3.8, 4) is 0 Å². The van der Waals surface area contributed by atoms with Crippen molar-refractivity contribution in [3.63, 3.8) is 0 Å². The zero-order valence-electron chi connectivity index (χ0n) is 9.61. The Morgan fingerprint density at radius 3 is 2.76 bits per heavy atom. The van der Waals surface area contributed by atoms with Crippen molar-refractivity contribution < 1.29 is 4.42 Å². The maximum absolute atomic E-state index is 11.2. The molecule has 0 unspecified atom stereocenters. The molecule has 1 heterocycles. The van der Waals surface area contributed by atoms with E-state index in [2.05, 4.69) is 12.1 Å². The summed E-state index contributed by atoms with van der Waals surface area (Å²) in [7, 11) is 0. The molecule has 1 aromatic heterocycles. The Bertz CT molecular complexity index is 635. The number of hydrogen-bond donors (Lipinski definition) is 0. The maximum Gasteiger partial charge on any atom is 0.336 e. The van der Waals surface area contributed by atoms with E-state index in [1.54, 1.807) is 6.07 Å². The normalized spacial score (nSPS) is 15.9. The van der Waals surface area contributed by atoms with Crippen LogP contribution in [0.15, 0.2) is 45.6 Å². The highest BCUT2D eigenvalue weighted by Crippen LogP contribution is 2.28. The van der Waals surface area contributed by atoms with Gasteiger partial charge in [-0.25, -0.2) is 4.79 Å². The molecule has 0 saturated carbocycles. The van der Waals surface area contributed by atoms with Gasteiger partial charge >= 0.3 is 5.63 Å². The smallest absolute Gasteiger partial charge is 0.336 e. The molecule has 2 heteroatoms. The molecule has 0 spiro atoms. The number of benzene rings is 1. The molecule has 0 saturated heterocycles. The minimum absolute atomic E-state index is 0.285. The van der Waals surface area contributed by atoms with E-state index in [4.69, 9.17) is 4.42 Å². The third-order valence-corrected chi connectivity index (χ3v) is 3.28. The van der Waals surface area contributed by atoms with Gasteiger partial charge in [0.2, 0.25) is 0 Å². The third kappa shape index (κ3) is 2.03. The highest BCUT2D eigenvalue weighted by Gasteiger charge is 2.07. The molecule has 1 aromatic carbocycles. The van der Waals surface area contributed by atoms with Crippen molar-refractivity contribution in [1.82, 2.24) is 0 Å².